The third-order valence-corrected chi connectivity index (χ3v) is 7.16. The number of ether oxygens (including phenoxy) is 2. The van der Waals surface area contributed by atoms with Crippen LogP contribution in [0.3, 0.4) is 0 Å². The van der Waals surface area contributed by atoms with E-state index in [0.29, 0.717) is 38.1 Å². The summed E-state index contributed by atoms with van der Waals surface area (Å²) in [6.07, 6.45) is -4.81. The number of carbonyl (C=O) groups excluding carboxylic acids is 1. The lowest BCUT2D eigenvalue weighted by Crippen LogP contribution is -2.58. The van der Waals surface area contributed by atoms with Gasteiger partial charge < -0.3 is 14.3 Å². The maximum atomic E-state index is 13.2. The number of carbonyl (C=O) groups is 1. The van der Waals surface area contributed by atoms with Crippen LogP contribution in [0.15, 0.2) is 48.5 Å². The maximum absolute atomic E-state index is 13.2. The minimum Gasteiger partial charge on any atom is -0.493 e. The van der Waals surface area contributed by atoms with Crippen molar-refractivity contribution in [3.63, 3.8) is 0 Å². The molecule has 0 bridgehead atoms. The van der Waals surface area contributed by atoms with Gasteiger partial charge in [-0.3, -0.25) is 4.90 Å². The van der Waals surface area contributed by atoms with Gasteiger partial charge in [-0.1, -0.05) is 24.6 Å². The number of hydrogen-bond donors (Lipinski definition) is 0. The van der Waals surface area contributed by atoms with E-state index in [4.69, 9.17) is 4.74 Å². The number of nitrogens with zero attached hydrogens (tertiary/aromatic N) is 1. The fourth-order valence-electron chi connectivity index (χ4n) is 5.23. The molecule has 1 heterocycles. The first kappa shape index (κ1) is 26.3. The largest absolute Gasteiger partial charge is 0.573 e. The Bertz CT molecular complexity index is 1040. The summed E-state index contributed by atoms with van der Waals surface area (Å²) in [4.78, 5) is 14.7. The van der Waals surface area contributed by atoms with Crippen molar-refractivity contribution in [3.05, 3.63) is 59.7 Å². The topological polar surface area (TPSA) is 38.8 Å². The van der Waals surface area contributed by atoms with Crippen LogP contribution in [0.5, 0.6) is 11.5 Å². The van der Waals surface area contributed by atoms with Gasteiger partial charge in [0.1, 0.15) is 23.3 Å². The van der Waals surface area contributed by atoms with E-state index in [1.165, 1.54) is 30.3 Å². The molecule has 2 aromatic rings. The van der Waals surface area contributed by atoms with Crippen LogP contribution in [-0.4, -0.2) is 37.2 Å². The Morgan fingerprint density at radius 3 is 2.19 bits per heavy atom. The summed E-state index contributed by atoms with van der Waals surface area (Å²) >= 11 is 0. The van der Waals surface area contributed by atoms with Crippen LogP contribution in [0.2, 0.25) is 0 Å². The van der Waals surface area contributed by atoms with Crippen LogP contribution in [0.25, 0.3) is 0 Å². The second-order valence-corrected chi connectivity index (χ2v) is 9.40. The second kappa shape index (κ2) is 10.3. The zero-order valence-corrected chi connectivity index (χ0v) is 19.4. The first-order valence-corrected chi connectivity index (χ1v) is 11.9. The second-order valence-electron chi connectivity index (χ2n) is 9.40. The molecule has 1 saturated carbocycles. The van der Waals surface area contributed by atoms with E-state index in [0.717, 1.165) is 31.3 Å². The van der Waals surface area contributed by atoms with Gasteiger partial charge in [-0.25, -0.2) is 0 Å². The summed E-state index contributed by atoms with van der Waals surface area (Å²) in [7, 11) is 0. The van der Waals surface area contributed by atoms with Gasteiger partial charge in [-0.05, 0) is 68.5 Å². The fraction of sp³-hybridized carbons (Fsp3) is 0.500. The lowest BCUT2D eigenvalue weighted by Gasteiger charge is -2.51. The quantitative estimate of drug-likeness (QED) is 0.294. The smallest absolute Gasteiger partial charge is 0.493 e. The molecule has 1 aliphatic heterocycles. The Morgan fingerprint density at radius 2 is 1.61 bits per heavy atom. The van der Waals surface area contributed by atoms with Crippen LogP contribution in [0, 0.1) is 11.8 Å². The molecule has 2 atom stereocenters. The average Bonchev–Trinajstić information content (AvgIpc) is 2.79. The standard InChI is InChI=1S/C26H27F6NO3/c27-25(28,29)20-10-12-21(13-11-20)35-16-18-5-4-14-33(15-18)24(17-34,19-6-3-7-19)22-8-1-2-9-23(22)36-26(30,31)32/h1-2,8-13,17-19H,3-7,14-16H2. The molecule has 36 heavy (non-hydrogen) atoms. The number of piperidine rings is 1. The summed E-state index contributed by atoms with van der Waals surface area (Å²) in [5.74, 6) is -0.296. The Labute approximate surface area is 205 Å². The highest BCUT2D eigenvalue weighted by Crippen LogP contribution is 2.49. The highest BCUT2D eigenvalue weighted by atomic mass is 19.4. The van der Waals surface area contributed by atoms with Crippen molar-refractivity contribution < 1.29 is 40.6 Å². The predicted molar refractivity (Wildman–Crippen MR) is 119 cm³/mol. The molecule has 4 nitrogen and oxygen atoms in total. The fourth-order valence-corrected chi connectivity index (χ4v) is 5.23. The molecular formula is C26H27F6NO3. The van der Waals surface area contributed by atoms with E-state index in [1.54, 1.807) is 6.07 Å². The Hall–Kier alpha value is -2.75. The van der Waals surface area contributed by atoms with Gasteiger partial charge in [0.15, 0.2) is 0 Å². The van der Waals surface area contributed by atoms with E-state index in [2.05, 4.69) is 4.74 Å². The van der Waals surface area contributed by atoms with Crippen LogP contribution >= 0.6 is 0 Å². The minimum absolute atomic E-state index is 0.0591. The van der Waals surface area contributed by atoms with Crippen molar-refractivity contribution in [2.24, 2.45) is 11.8 Å². The molecule has 2 fully saturated rings. The van der Waals surface area contributed by atoms with Crippen molar-refractivity contribution in [2.75, 3.05) is 19.7 Å². The lowest BCUT2D eigenvalue weighted by atomic mass is 9.66. The third-order valence-electron chi connectivity index (χ3n) is 7.16. The van der Waals surface area contributed by atoms with Gasteiger partial charge in [0.25, 0.3) is 0 Å². The van der Waals surface area contributed by atoms with Crippen molar-refractivity contribution in [1.29, 1.82) is 0 Å². The number of aldehydes is 1. The summed E-state index contributed by atoms with van der Waals surface area (Å²) in [5.41, 5.74) is -1.84. The van der Waals surface area contributed by atoms with E-state index in [9.17, 15) is 31.1 Å². The van der Waals surface area contributed by atoms with Crippen molar-refractivity contribution in [1.82, 2.24) is 4.90 Å². The molecule has 0 amide bonds. The van der Waals surface area contributed by atoms with Crippen LogP contribution in [0.1, 0.15) is 43.2 Å². The number of likely N-dealkylation sites (tertiary alicyclic amines) is 1. The molecule has 196 valence electrons. The van der Waals surface area contributed by atoms with Gasteiger partial charge in [-0.2, -0.15) is 13.2 Å². The zero-order chi connectivity index (χ0) is 26.0. The van der Waals surface area contributed by atoms with E-state index in [-0.39, 0.29) is 29.8 Å². The van der Waals surface area contributed by atoms with Crippen molar-refractivity contribution in [2.45, 2.75) is 50.2 Å². The molecule has 1 aliphatic carbocycles. The predicted octanol–water partition coefficient (Wildman–Crippen LogP) is 6.59. The van der Waals surface area contributed by atoms with Gasteiger partial charge >= 0.3 is 12.5 Å². The monoisotopic (exact) mass is 515 g/mol. The molecular weight excluding hydrogens is 488 g/mol. The SMILES string of the molecule is O=CC(c1ccccc1OC(F)(F)F)(C1CCC1)N1CCCC(COc2ccc(C(F)(F)F)cc2)C1. The highest BCUT2D eigenvalue weighted by Gasteiger charge is 2.51. The molecule has 10 heteroatoms. The van der Waals surface area contributed by atoms with Gasteiger partial charge in [0, 0.05) is 18.0 Å². The molecule has 0 N–H and O–H groups in total. The Kier molecular flexibility index (Phi) is 7.54. The van der Waals surface area contributed by atoms with Crippen LogP contribution < -0.4 is 9.47 Å². The van der Waals surface area contributed by atoms with E-state index >= 15 is 0 Å². The van der Waals surface area contributed by atoms with Gasteiger partial charge in [0.05, 0.1) is 12.2 Å². The van der Waals surface area contributed by atoms with Gasteiger partial charge in [-0.15, -0.1) is 13.2 Å². The summed E-state index contributed by atoms with van der Waals surface area (Å²) in [6.45, 7) is 1.13. The Morgan fingerprint density at radius 1 is 0.917 bits per heavy atom. The molecule has 0 spiro atoms. The third kappa shape index (κ3) is 5.63. The zero-order valence-electron chi connectivity index (χ0n) is 19.4. The van der Waals surface area contributed by atoms with Crippen molar-refractivity contribution >= 4 is 6.29 Å². The van der Waals surface area contributed by atoms with E-state index in [1.807, 2.05) is 4.90 Å². The van der Waals surface area contributed by atoms with Gasteiger partial charge in [0.2, 0.25) is 0 Å². The van der Waals surface area contributed by atoms with E-state index < -0.39 is 23.6 Å². The number of halogens is 6. The maximum Gasteiger partial charge on any atom is 0.573 e. The normalized spacial score (nSPS) is 21.3. The summed E-state index contributed by atoms with van der Waals surface area (Å²) < 4.78 is 88.0. The van der Waals surface area contributed by atoms with Crippen LogP contribution in [0.4, 0.5) is 26.3 Å². The number of benzene rings is 2. The molecule has 0 aromatic heterocycles. The Balaban J connectivity index is 1.55. The molecule has 4 rings (SSSR count). The molecule has 2 aliphatic rings. The molecule has 2 unspecified atom stereocenters. The van der Waals surface area contributed by atoms with Crippen LogP contribution in [-0.2, 0) is 16.5 Å². The highest BCUT2D eigenvalue weighted by molar-refractivity contribution is 5.71. The first-order valence-electron chi connectivity index (χ1n) is 11.9. The van der Waals surface area contributed by atoms with Crippen molar-refractivity contribution in [3.8, 4) is 11.5 Å². The lowest BCUT2D eigenvalue weighted by molar-refractivity contribution is -0.275. The summed E-state index contributed by atoms with van der Waals surface area (Å²) in [6, 6.07) is 10.2. The number of rotatable bonds is 8. The summed E-state index contributed by atoms with van der Waals surface area (Å²) in [5, 5.41) is 0. The average molecular weight is 515 g/mol. The number of para-hydroxylation sites is 1. The molecule has 1 saturated heterocycles. The number of hydrogen-bond acceptors (Lipinski definition) is 4. The molecule has 0 radical (unpaired) electrons. The molecule has 2 aromatic carbocycles. The first-order chi connectivity index (χ1) is 17.0. The number of alkyl halides is 6. The minimum atomic E-state index is -4.90.